The fourth-order valence-corrected chi connectivity index (χ4v) is 6.92. The molecule has 150 valence electrons. The molecule has 4 rings (SSSR count). The quantitative estimate of drug-likeness (QED) is 0.744. The molecule has 0 unspecified atom stereocenters. The first-order chi connectivity index (χ1) is 12.8. The second kappa shape index (κ2) is 6.79. The van der Waals surface area contributed by atoms with E-state index in [-0.39, 0.29) is 11.3 Å². The number of likely N-dealkylation sites (tertiary alicyclic amines) is 2. The molecule has 1 amide bonds. The smallest absolute Gasteiger partial charge is 0.230 e. The molecule has 4 heterocycles. The predicted molar refractivity (Wildman–Crippen MR) is 105 cm³/mol. The van der Waals surface area contributed by atoms with Crippen molar-refractivity contribution in [1.82, 2.24) is 19.1 Å². The van der Waals surface area contributed by atoms with E-state index < -0.39 is 15.4 Å². The Morgan fingerprint density at radius 3 is 2.48 bits per heavy atom. The molecular formula is C18H28N4O3S2. The van der Waals surface area contributed by atoms with Crippen molar-refractivity contribution in [3.05, 3.63) is 16.6 Å². The fourth-order valence-electron chi connectivity index (χ4n) is 5.32. The molecule has 0 radical (unpaired) electrons. The summed E-state index contributed by atoms with van der Waals surface area (Å²) >= 11 is 1.67. The van der Waals surface area contributed by atoms with Gasteiger partial charge >= 0.3 is 0 Å². The van der Waals surface area contributed by atoms with Gasteiger partial charge in [-0.3, -0.25) is 9.69 Å². The van der Waals surface area contributed by atoms with Gasteiger partial charge in [-0.1, -0.05) is 0 Å². The Morgan fingerprint density at radius 2 is 1.93 bits per heavy atom. The monoisotopic (exact) mass is 412 g/mol. The highest BCUT2D eigenvalue weighted by Crippen LogP contribution is 2.58. The van der Waals surface area contributed by atoms with Crippen LogP contribution < -0.4 is 0 Å². The number of carbonyl (C=O) groups is 1. The fraction of sp³-hybridized carbons (Fsp3) is 0.778. The van der Waals surface area contributed by atoms with Crippen LogP contribution in [0.15, 0.2) is 11.6 Å². The average Bonchev–Trinajstić information content (AvgIpc) is 3.32. The molecule has 3 aliphatic heterocycles. The first kappa shape index (κ1) is 19.3. The molecule has 3 aliphatic rings. The van der Waals surface area contributed by atoms with Crippen LogP contribution >= 0.6 is 11.3 Å². The number of hydrogen-bond donors (Lipinski definition) is 0. The highest BCUT2D eigenvalue weighted by atomic mass is 32.2. The van der Waals surface area contributed by atoms with E-state index in [9.17, 15) is 13.2 Å². The van der Waals surface area contributed by atoms with Gasteiger partial charge in [-0.2, -0.15) is 0 Å². The molecule has 0 aliphatic carbocycles. The van der Waals surface area contributed by atoms with E-state index in [1.807, 2.05) is 23.4 Å². The maximum absolute atomic E-state index is 13.3. The first-order valence-corrected chi connectivity index (χ1v) is 12.4. The molecule has 0 N–H and O–H groups in total. The van der Waals surface area contributed by atoms with E-state index in [4.69, 9.17) is 0 Å². The Hall–Kier alpha value is -1.03. The molecule has 3 fully saturated rings. The SMILES string of the molecule is CCN1CC[C@@]2(CN(S(C)(=O)=O)CC23CCN(Cc2nccs2)CC3)C1=O. The minimum absolute atomic E-state index is 0.171. The van der Waals surface area contributed by atoms with Gasteiger partial charge in [0.2, 0.25) is 15.9 Å². The van der Waals surface area contributed by atoms with Crippen LogP contribution in [-0.2, 0) is 21.4 Å². The number of amides is 1. The van der Waals surface area contributed by atoms with Crippen LogP contribution in [0.25, 0.3) is 0 Å². The van der Waals surface area contributed by atoms with E-state index in [2.05, 4.69) is 9.88 Å². The molecule has 1 aromatic rings. The van der Waals surface area contributed by atoms with Gasteiger partial charge < -0.3 is 4.90 Å². The summed E-state index contributed by atoms with van der Waals surface area (Å²) in [5.74, 6) is 0.171. The normalized spacial score (nSPS) is 29.4. The van der Waals surface area contributed by atoms with Crippen molar-refractivity contribution < 1.29 is 13.2 Å². The third-order valence-electron chi connectivity index (χ3n) is 6.95. The number of piperidine rings is 1. The number of hydrogen-bond acceptors (Lipinski definition) is 6. The zero-order valence-corrected chi connectivity index (χ0v) is 17.7. The summed E-state index contributed by atoms with van der Waals surface area (Å²) in [4.78, 5) is 22.0. The Morgan fingerprint density at radius 1 is 1.19 bits per heavy atom. The number of aromatic nitrogens is 1. The van der Waals surface area contributed by atoms with Crippen molar-refractivity contribution >= 4 is 27.3 Å². The Bertz CT molecular complexity index is 803. The van der Waals surface area contributed by atoms with Crippen LogP contribution in [-0.4, -0.2) is 78.9 Å². The maximum Gasteiger partial charge on any atom is 0.230 e. The van der Waals surface area contributed by atoms with Crippen molar-refractivity contribution in [2.24, 2.45) is 10.8 Å². The molecule has 7 nitrogen and oxygen atoms in total. The molecule has 2 spiro atoms. The second-order valence-electron chi connectivity index (χ2n) is 8.23. The highest BCUT2D eigenvalue weighted by Gasteiger charge is 2.66. The van der Waals surface area contributed by atoms with Crippen molar-refractivity contribution in [3.8, 4) is 0 Å². The molecule has 0 aromatic carbocycles. The van der Waals surface area contributed by atoms with Crippen LogP contribution in [0.5, 0.6) is 0 Å². The zero-order valence-electron chi connectivity index (χ0n) is 16.1. The Kier molecular flexibility index (Phi) is 4.85. The van der Waals surface area contributed by atoms with Gasteiger partial charge in [0.1, 0.15) is 5.01 Å². The summed E-state index contributed by atoms with van der Waals surface area (Å²) in [6, 6.07) is 0. The second-order valence-corrected chi connectivity index (χ2v) is 11.2. The number of fused-ring (bicyclic) bond motifs is 1. The third kappa shape index (κ3) is 3.12. The number of thiazole rings is 1. The van der Waals surface area contributed by atoms with Crippen LogP contribution in [0.2, 0.25) is 0 Å². The summed E-state index contributed by atoms with van der Waals surface area (Å²) in [5, 5.41) is 3.10. The van der Waals surface area contributed by atoms with E-state index in [0.29, 0.717) is 19.6 Å². The predicted octanol–water partition coefficient (Wildman–Crippen LogP) is 1.24. The topological polar surface area (TPSA) is 73.8 Å². The standard InChI is InChI=1S/C18H28N4O3S2/c1-3-21-10-6-18(16(21)23)14-22(27(2,24)25)13-17(18)4-8-20(9-5-17)12-15-19-7-11-26-15/h7,11H,3-6,8-10,12-14H2,1-2H3/t18-/m1/s1. The lowest BCUT2D eigenvalue weighted by Gasteiger charge is -2.46. The Labute approximate surface area is 165 Å². The van der Waals surface area contributed by atoms with Crippen molar-refractivity contribution in [3.63, 3.8) is 0 Å². The molecule has 3 saturated heterocycles. The summed E-state index contributed by atoms with van der Waals surface area (Å²) < 4.78 is 26.2. The summed E-state index contributed by atoms with van der Waals surface area (Å²) in [7, 11) is -3.30. The largest absolute Gasteiger partial charge is 0.342 e. The van der Waals surface area contributed by atoms with Gasteiger partial charge in [-0.25, -0.2) is 17.7 Å². The minimum atomic E-state index is -3.30. The summed E-state index contributed by atoms with van der Waals surface area (Å²) in [5.41, 5.74) is -0.782. The third-order valence-corrected chi connectivity index (χ3v) is 8.91. The van der Waals surface area contributed by atoms with Crippen molar-refractivity contribution in [1.29, 1.82) is 0 Å². The minimum Gasteiger partial charge on any atom is -0.342 e. The van der Waals surface area contributed by atoms with Gasteiger partial charge in [0, 0.05) is 43.2 Å². The van der Waals surface area contributed by atoms with Crippen LogP contribution in [0.1, 0.15) is 31.2 Å². The summed E-state index contributed by atoms with van der Waals surface area (Å²) in [6.07, 6.45) is 5.62. The lowest BCUT2D eigenvalue weighted by Crippen LogP contribution is -2.52. The first-order valence-electron chi connectivity index (χ1n) is 9.65. The lowest BCUT2D eigenvalue weighted by molar-refractivity contribution is -0.142. The van der Waals surface area contributed by atoms with E-state index in [1.165, 1.54) is 6.26 Å². The maximum atomic E-state index is 13.3. The molecule has 9 heteroatoms. The number of sulfonamides is 1. The molecule has 0 bridgehead atoms. The van der Waals surface area contributed by atoms with Crippen LogP contribution in [0, 0.1) is 10.8 Å². The van der Waals surface area contributed by atoms with E-state index >= 15 is 0 Å². The number of nitrogens with zero attached hydrogens (tertiary/aromatic N) is 4. The molecule has 0 saturated carbocycles. The molecular weight excluding hydrogens is 384 g/mol. The van der Waals surface area contributed by atoms with Crippen LogP contribution in [0.4, 0.5) is 0 Å². The van der Waals surface area contributed by atoms with Gasteiger partial charge in [-0.05, 0) is 39.3 Å². The van der Waals surface area contributed by atoms with E-state index in [1.54, 1.807) is 15.6 Å². The lowest BCUT2D eigenvalue weighted by atomic mass is 9.60. The summed E-state index contributed by atoms with van der Waals surface area (Å²) in [6.45, 7) is 6.91. The van der Waals surface area contributed by atoms with Crippen molar-refractivity contribution in [2.45, 2.75) is 32.7 Å². The number of carbonyl (C=O) groups excluding carboxylic acids is 1. The van der Waals surface area contributed by atoms with Crippen LogP contribution in [0.3, 0.4) is 0 Å². The Balaban J connectivity index is 1.58. The highest BCUT2D eigenvalue weighted by molar-refractivity contribution is 7.88. The van der Waals surface area contributed by atoms with E-state index in [0.717, 1.165) is 50.4 Å². The van der Waals surface area contributed by atoms with Gasteiger partial charge in [-0.15, -0.1) is 11.3 Å². The number of rotatable bonds is 4. The molecule has 1 atom stereocenters. The molecule has 27 heavy (non-hydrogen) atoms. The van der Waals surface area contributed by atoms with Gasteiger partial charge in [0.05, 0.1) is 18.2 Å². The van der Waals surface area contributed by atoms with Gasteiger partial charge in [0.25, 0.3) is 0 Å². The van der Waals surface area contributed by atoms with Gasteiger partial charge in [0.15, 0.2) is 0 Å². The zero-order chi connectivity index (χ0) is 19.3. The average molecular weight is 413 g/mol. The van der Waals surface area contributed by atoms with Crippen molar-refractivity contribution in [2.75, 3.05) is 45.5 Å². The molecule has 1 aromatic heterocycles.